The van der Waals surface area contributed by atoms with Crippen LogP contribution >= 0.6 is 0 Å². The van der Waals surface area contributed by atoms with Crippen molar-refractivity contribution in [3.05, 3.63) is 29.3 Å². The Balaban J connectivity index is 2.36. The SMILES string of the molecule is CC(C)S(=O)(=O)CCN1C(=O)C(=O)c2cc(F)cc(F)c21. The lowest BCUT2D eigenvalue weighted by Crippen LogP contribution is -2.36. The van der Waals surface area contributed by atoms with E-state index in [1.165, 1.54) is 13.8 Å². The van der Waals surface area contributed by atoms with Crippen LogP contribution in [0.1, 0.15) is 24.2 Å². The van der Waals surface area contributed by atoms with E-state index in [4.69, 9.17) is 0 Å². The normalized spacial score (nSPS) is 15.0. The highest BCUT2D eigenvalue weighted by molar-refractivity contribution is 7.92. The van der Waals surface area contributed by atoms with Crippen LogP contribution in [-0.2, 0) is 14.6 Å². The topological polar surface area (TPSA) is 71.5 Å². The molecule has 2 rings (SSSR count). The summed E-state index contributed by atoms with van der Waals surface area (Å²) < 4.78 is 50.4. The van der Waals surface area contributed by atoms with Crippen LogP contribution in [0, 0.1) is 11.6 Å². The Labute approximate surface area is 120 Å². The van der Waals surface area contributed by atoms with Crippen molar-refractivity contribution >= 4 is 27.2 Å². The lowest BCUT2D eigenvalue weighted by molar-refractivity contribution is -0.114. The maximum Gasteiger partial charge on any atom is 0.299 e. The van der Waals surface area contributed by atoms with Crippen LogP contribution in [0.25, 0.3) is 0 Å². The van der Waals surface area contributed by atoms with Gasteiger partial charge in [-0.15, -0.1) is 0 Å². The van der Waals surface area contributed by atoms with Crippen LogP contribution in [0.2, 0.25) is 0 Å². The molecule has 0 spiro atoms. The first-order chi connectivity index (χ1) is 9.65. The molecule has 1 aromatic rings. The number of hydrogen-bond acceptors (Lipinski definition) is 4. The molecule has 0 unspecified atom stereocenters. The molecule has 0 bridgehead atoms. The third-order valence-electron chi connectivity index (χ3n) is 3.30. The van der Waals surface area contributed by atoms with Crippen molar-refractivity contribution in [2.24, 2.45) is 0 Å². The molecule has 0 radical (unpaired) electrons. The van der Waals surface area contributed by atoms with Crippen LogP contribution < -0.4 is 4.90 Å². The van der Waals surface area contributed by atoms with Crippen LogP contribution in [0.5, 0.6) is 0 Å². The minimum Gasteiger partial charge on any atom is -0.301 e. The van der Waals surface area contributed by atoms with Gasteiger partial charge in [-0.3, -0.25) is 9.59 Å². The Morgan fingerprint density at radius 2 is 1.81 bits per heavy atom. The van der Waals surface area contributed by atoms with Gasteiger partial charge in [0.2, 0.25) is 0 Å². The zero-order chi connectivity index (χ0) is 15.9. The summed E-state index contributed by atoms with van der Waals surface area (Å²) in [6, 6.07) is 1.32. The number of carbonyl (C=O) groups is 2. The number of rotatable bonds is 4. The summed E-state index contributed by atoms with van der Waals surface area (Å²) in [7, 11) is -3.45. The smallest absolute Gasteiger partial charge is 0.299 e. The second kappa shape index (κ2) is 5.18. The summed E-state index contributed by atoms with van der Waals surface area (Å²) in [5, 5.41) is -0.650. The second-order valence-corrected chi connectivity index (χ2v) is 7.66. The van der Waals surface area contributed by atoms with E-state index in [0.717, 1.165) is 11.0 Å². The Morgan fingerprint density at radius 1 is 1.19 bits per heavy atom. The summed E-state index contributed by atoms with van der Waals surface area (Å²) >= 11 is 0. The van der Waals surface area contributed by atoms with Gasteiger partial charge in [-0.25, -0.2) is 17.2 Å². The van der Waals surface area contributed by atoms with Gasteiger partial charge < -0.3 is 4.90 Å². The zero-order valence-electron chi connectivity index (χ0n) is 11.4. The van der Waals surface area contributed by atoms with Gasteiger partial charge in [-0.1, -0.05) is 0 Å². The molecule has 114 valence electrons. The van der Waals surface area contributed by atoms with E-state index in [1.807, 2.05) is 0 Å². The van der Waals surface area contributed by atoms with Crippen LogP contribution in [0.15, 0.2) is 12.1 Å². The number of benzene rings is 1. The number of anilines is 1. The first kappa shape index (κ1) is 15.6. The van der Waals surface area contributed by atoms with Crippen molar-refractivity contribution in [2.45, 2.75) is 19.1 Å². The molecular weight excluding hydrogens is 304 g/mol. The third-order valence-corrected chi connectivity index (χ3v) is 5.49. The van der Waals surface area contributed by atoms with Gasteiger partial charge in [0.25, 0.3) is 11.7 Å². The molecule has 0 fully saturated rings. The molecule has 0 N–H and O–H groups in total. The van der Waals surface area contributed by atoms with Crippen LogP contribution in [-0.4, -0.2) is 37.7 Å². The van der Waals surface area contributed by atoms with Gasteiger partial charge in [0.15, 0.2) is 15.7 Å². The van der Waals surface area contributed by atoms with E-state index < -0.39 is 44.2 Å². The Hall–Kier alpha value is -1.83. The fourth-order valence-corrected chi connectivity index (χ4v) is 2.93. The molecule has 21 heavy (non-hydrogen) atoms. The molecule has 0 aromatic heterocycles. The molecule has 1 amide bonds. The number of fused-ring (bicyclic) bond motifs is 1. The number of sulfone groups is 1. The average Bonchev–Trinajstić information content (AvgIpc) is 2.61. The average molecular weight is 317 g/mol. The maximum atomic E-state index is 13.8. The van der Waals surface area contributed by atoms with Crippen molar-refractivity contribution in [3.63, 3.8) is 0 Å². The van der Waals surface area contributed by atoms with Crippen molar-refractivity contribution in [1.29, 1.82) is 0 Å². The van der Waals surface area contributed by atoms with E-state index in [1.54, 1.807) is 0 Å². The number of halogens is 2. The Bertz CT molecular complexity index is 728. The second-order valence-electron chi connectivity index (χ2n) is 4.99. The predicted octanol–water partition coefficient (Wildman–Crippen LogP) is 1.32. The molecule has 1 aliphatic heterocycles. The first-order valence-corrected chi connectivity index (χ1v) is 7.93. The minimum atomic E-state index is -3.45. The highest BCUT2D eigenvalue weighted by atomic mass is 32.2. The summed E-state index contributed by atoms with van der Waals surface area (Å²) in [6.07, 6.45) is 0. The molecule has 0 aliphatic carbocycles. The molecule has 1 heterocycles. The Morgan fingerprint density at radius 3 is 2.38 bits per heavy atom. The summed E-state index contributed by atoms with van der Waals surface area (Å²) in [6.45, 7) is 2.62. The number of carbonyl (C=O) groups excluding carboxylic acids is 2. The van der Waals surface area contributed by atoms with E-state index in [2.05, 4.69) is 0 Å². The Kier molecular flexibility index (Phi) is 3.83. The van der Waals surface area contributed by atoms with Gasteiger partial charge >= 0.3 is 0 Å². The summed E-state index contributed by atoms with van der Waals surface area (Å²) in [5.74, 6) is -4.52. The predicted molar refractivity (Wildman–Crippen MR) is 72.0 cm³/mol. The van der Waals surface area contributed by atoms with Crippen molar-refractivity contribution in [3.8, 4) is 0 Å². The molecule has 0 saturated carbocycles. The third kappa shape index (κ3) is 2.67. The van der Waals surface area contributed by atoms with Gasteiger partial charge in [0.1, 0.15) is 5.82 Å². The van der Waals surface area contributed by atoms with Gasteiger partial charge in [0, 0.05) is 12.6 Å². The molecule has 1 aromatic carbocycles. The minimum absolute atomic E-state index is 0.347. The quantitative estimate of drug-likeness (QED) is 0.785. The van der Waals surface area contributed by atoms with Crippen LogP contribution in [0.3, 0.4) is 0 Å². The maximum absolute atomic E-state index is 13.8. The molecule has 0 saturated heterocycles. The number of nitrogens with zero attached hydrogens (tertiary/aromatic N) is 1. The van der Waals surface area contributed by atoms with E-state index in [9.17, 15) is 26.8 Å². The van der Waals surface area contributed by atoms with Crippen LogP contribution in [0.4, 0.5) is 14.5 Å². The van der Waals surface area contributed by atoms with Crippen molar-refractivity contribution in [2.75, 3.05) is 17.2 Å². The molecule has 8 heteroatoms. The molecule has 5 nitrogen and oxygen atoms in total. The number of amides is 1. The number of hydrogen-bond donors (Lipinski definition) is 0. The summed E-state index contributed by atoms with van der Waals surface area (Å²) in [5.41, 5.74) is -0.732. The largest absolute Gasteiger partial charge is 0.301 e. The van der Waals surface area contributed by atoms with E-state index in [0.29, 0.717) is 6.07 Å². The van der Waals surface area contributed by atoms with Gasteiger partial charge in [-0.2, -0.15) is 0 Å². The lowest BCUT2D eigenvalue weighted by atomic mass is 10.1. The number of Topliss-reactive ketones (excluding diaryl/α,β-unsaturated/α-hetero) is 1. The highest BCUT2D eigenvalue weighted by Gasteiger charge is 2.39. The molecule has 0 atom stereocenters. The molecular formula is C13H13F2NO4S. The van der Waals surface area contributed by atoms with Crippen molar-refractivity contribution in [1.82, 2.24) is 0 Å². The van der Waals surface area contributed by atoms with Crippen molar-refractivity contribution < 1.29 is 26.8 Å². The summed E-state index contributed by atoms with van der Waals surface area (Å²) in [4.78, 5) is 24.3. The molecule has 1 aliphatic rings. The van der Waals surface area contributed by atoms with Gasteiger partial charge in [0.05, 0.1) is 22.3 Å². The standard InChI is InChI=1S/C13H13F2NO4S/c1-7(2)21(19,20)4-3-16-11-9(12(17)13(16)18)5-8(14)6-10(11)15/h5-7H,3-4H2,1-2H3. The monoisotopic (exact) mass is 317 g/mol. The highest BCUT2D eigenvalue weighted by Crippen LogP contribution is 2.32. The fraction of sp³-hybridized carbons (Fsp3) is 0.385. The number of ketones is 1. The van der Waals surface area contributed by atoms with E-state index >= 15 is 0 Å². The first-order valence-electron chi connectivity index (χ1n) is 6.22. The lowest BCUT2D eigenvalue weighted by Gasteiger charge is -2.17. The van der Waals surface area contributed by atoms with Gasteiger partial charge in [-0.05, 0) is 19.9 Å². The fourth-order valence-electron chi connectivity index (χ4n) is 2.02. The zero-order valence-corrected chi connectivity index (χ0v) is 12.2. The van der Waals surface area contributed by atoms with E-state index in [-0.39, 0.29) is 17.8 Å².